The molecule has 0 unspecified atom stereocenters. The van der Waals surface area contributed by atoms with Gasteiger partial charge >= 0.3 is 5.97 Å². The van der Waals surface area contributed by atoms with Crippen molar-refractivity contribution in [3.63, 3.8) is 0 Å². The predicted molar refractivity (Wildman–Crippen MR) is 132 cm³/mol. The quantitative estimate of drug-likeness (QED) is 0.302. The number of halogens is 1. The highest BCUT2D eigenvalue weighted by molar-refractivity contribution is 9.10. The first-order valence-corrected chi connectivity index (χ1v) is 11.2. The van der Waals surface area contributed by atoms with Gasteiger partial charge in [0.15, 0.2) is 11.5 Å². The number of amides is 1. The van der Waals surface area contributed by atoms with E-state index < -0.39 is 0 Å². The number of benzene rings is 3. The number of hydrogen-bond donors (Lipinski definition) is 1. The molecule has 33 heavy (non-hydrogen) atoms. The lowest BCUT2D eigenvalue weighted by atomic mass is 10.1. The third-order valence-corrected chi connectivity index (χ3v) is 5.88. The van der Waals surface area contributed by atoms with Crippen LogP contribution in [0.1, 0.15) is 33.5 Å². The van der Waals surface area contributed by atoms with Crippen molar-refractivity contribution in [2.45, 2.75) is 26.7 Å². The Kier molecular flexibility index (Phi) is 8.11. The van der Waals surface area contributed by atoms with Crippen LogP contribution in [-0.4, -0.2) is 26.1 Å². The van der Waals surface area contributed by atoms with Gasteiger partial charge in [0.05, 0.1) is 20.6 Å². The Labute approximate surface area is 202 Å². The van der Waals surface area contributed by atoms with Crippen LogP contribution in [0, 0.1) is 13.8 Å². The molecule has 0 aromatic heterocycles. The highest BCUT2D eigenvalue weighted by Crippen LogP contribution is 2.34. The Morgan fingerprint density at radius 1 is 0.909 bits per heavy atom. The molecule has 0 fully saturated rings. The summed E-state index contributed by atoms with van der Waals surface area (Å²) in [7, 11) is 3.13. The summed E-state index contributed by atoms with van der Waals surface area (Å²) in [5, 5.41) is 2.92. The maximum Gasteiger partial charge on any atom is 0.311 e. The number of methoxy groups -OCH3 is 2. The van der Waals surface area contributed by atoms with Gasteiger partial charge in [0.1, 0.15) is 5.75 Å². The number of hydrogen-bond acceptors (Lipinski definition) is 5. The fourth-order valence-electron chi connectivity index (χ4n) is 3.25. The molecular weight excluding hydrogens is 486 g/mol. The summed E-state index contributed by atoms with van der Waals surface area (Å²) in [5.74, 6) is 0.995. The molecule has 1 amide bonds. The fourth-order valence-corrected chi connectivity index (χ4v) is 3.77. The first-order valence-electron chi connectivity index (χ1n) is 10.4. The van der Waals surface area contributed by atoms with Gasteiger partial charge in [0.2, 0.25) is 0 Å². The maximum absolute atomic E-state index is 12.6. The van der Waals surface area contributed by atoms with Gasteiger partial charge in [0.25, 0.3) is 5.91 Å². The highest BCUT2D eigenvalue weighted by Gasteiger charge is 2.13. The molecule has 6 nitrogen and oxygen atoms in total. The van der Waals surface area contributed by atoms with Gasteiger partial charge in [-0.1, -0.05) is 28.1 Å². The predicted octanol–water partition coefficient (Wildman–Crippen LogP) is 5.87. The molecule has 0 saturated heterocycles. The van der Waals surface area contributed by atoms with Crippen LogP contribution >= 0.6 is 15.9 Å². The lowest BCUT2D eigenvalue weighted by Gasteiger charge is -2.12. The highest BCUT2D eigenvalue weighted by atomic mass is 79.9. The van der Waals surface area contributed by atoms with Crippen LogP contribution in [0.25, 0.3) is 0 Å². The largest absolute Gasteiger partial charge is 0.493 e. The summed E-state index contributed by atoms with van der Waals surface area (Å²) in [6, 6.07) is 16.0. The first kappa shape index (κ1) is 24.3. The molecule has 1 N–H and O–H groups in total. The minimum absolute atomic E-state index is 0.183. The third kappa shape index (κ3) is 6.35. The van der Waals surface area contributed by atoms with Gasteiger partial charge < -0.3 is 19.5 Å². The van der Waals surface area contributed by atoms with Crippen molar-refractivity contribution in [2.24, 2.45) is 0 Å². The summed E-state index contributed by atoms with van der Waals surface area (Å²) >= 11 is 3.50. The lowest BCUT2D eigenvalue weighted by Crippen LogP contribution is -2.13. The van der Waals surface area contributed by atoms with E-state index in [2.05, 4.69) is 21.2 Å². The number of rotatable bonds is 8. The van der Waals surface area contributed by atoms with E-state index in [0.717, 1.165) is 26.9 Å². The van der Waals surface area contributed by atoms with Gasteiger partial charge in [-0.2, -0.15) is 0 Å². The zero-order valence-electron chi connectivity index (χ0n) is 19.0. The monoisotopic (exact) mass is 511 g/mol. The molecule has 0 saturated carbocycles. The van der Waals surface area contributed by atoms with E-state index in [4.69, 9.17) is 14.2 Å². The Balaban J connectivity index is 1.58. The summed E-state index contributed by atoms with van der Waals surface area (Å²) < 4.78 is 16.8. The van der Waals surface area contributed by atoms with E-state index in [1.54, 1.807) is 38.5 Å². The Morgan fingerprint density at radius 3 is 2.24 bits per heavy atom. The molecule has 0 aliphatic heterocycles. The van der Waals surface area contributed by atoms with Crippen molar-refractivity contribution >= 4 is 33.5 Å². The maximum atomic E-state index is 12.6. The summed E-state index contributed by atoms with van der Waals surface area (Å²) in [6.07, 6.45) is 0.652. The van der Waals surface area contributed by atoms with Gasteiger partial charge in [0, 0.05) is 15.7 Å². The van der Waals surface area contributed by atoms with Gasteiger partial charge in [-0.3, -0.25) is 9.59 Å². The average molecular weight is 512 g/mol. The van der Waals surface area contributed by atoms with Gasteiger partial charge in [-0.25, -0.2) is 0 Å². The average Bonchev–Trinajstić information content (AvgIpc) is 2.80. The number of anilines is 1. The number of aryl methyl sites for hydroxylation is 3. The minimum atomic E-state index is -0.371. The normalized spacial score (nSPS) is 10.5. The van der Waals surface area contributed by atoms with Crippen molar-refractivity contribution in [1.29, 1.82) is 0 Å². The third-order valence-electron chi connectivity index (χ3n) is 5.14. The topological polar surface area (TPSA) is 73.9 Å². The van der Waals surface area contributed by atoms with Crippen molar-refractivity contribution in [3.05, 3.63) is 81.3 Å². The number of esters is 1. The van der Waals surface area contributed by atoms with E-state index in [0.29, 0.717) is 29.2 Å². The number of carbonyl (C=O) groups excluding carboxylic acids is 2. The molecular formula is C26H26BrNO5. The second-order valence-corrected chi connectivity index (χ2v) is 8.42. The first-order chi connectivity index (χ1) is 15.8. The summed E-state index contributed by atoms with van der Waals surface area (Å²) in [6.45, 7) is 3.92. The Hall–Kier alpha value is -3.32. The van der Waals surface area contributed by atoms with Crippen LogP contribution in [0.15, 0.2) is 59.1 Å². The van der Waals surface area contributed by atoms with E-state index in [1.165, 1.54) is 0 Å². The van der Waals surface area contributed by atoms with E-state index in [9.17, 15) is 9.59 Å². The summed E-state index contributed by atoms with van der Waals surface area (Å²) in [5.41, 5.74) is 4.21. The molecule has 0 heterocycles. The van der Waals surface area contributed by atoms with Gasteiger partial charge in [-0.15, -0.1) is 0 Å². The van der Waals surface area contributed by atoms with Crippen LogP contribution in [0.4, 0.5) is 5.69 Å². The zero-order chi connectivity index (χ0) is 24.0. The van der Waals surface area contributed by atoms with Crippen molar-refractivity contribution in [1.82, 2.24) is 0 Å². The molecule has 0 spiro atoms. The van der Waals surface area contributed by atoms with Crippen molar-refractivity contribution in [2.75, 3.05) is 19.5 Å². The Morgan fingerprint density at radius 2 is 1.58 bits per heavy atom. The van der Waals surface area contributed by atoms with E-state index in [-0.39, 0.29) is 18.3 Å². The van der Waals surface area contributed by atoms with Crippen LogP contribution in [-0.2, 0) is 11.2 Å². The molecule has 3 aromatic carbocycles. The second-order valence-electron chi connectivity index (χ2n) is 7.57. The van der Waals surface area contributed by atoms with Crippen LogP contribution in [0.3, 0.4) is 0 Å². The molecule has 3 aromatic rings. The van der Waals surface area contributed by atoms with Crippen molar-refractivity contribution in [3.8, 4) is 17.2 Å². The standard InChI is InChI=1S/C26H26BrNO5/c1-16-5-6-17(2)22(13-16)28-26(30)18-7-10-20(11-8-18)33-25(29)12-9-19-14-23(31-3)24(32-4)15-21(19)27/h5-8,10-11,13-15H,9,12H2,1-4H3,(H,28,30). The smallest absolute Gasteiger partial charge is 0.311 e. The zero-order valence-corrected chi connectivity index (χ0v) is 20.6. The molecule has 7 heteroatoms. The SMILES string of the molecule is COc1cc(Br)c(CCC(=O)Oc2ccc(C(=O)Nc3cc(C)ccc3C)cc2)cc1OC. The lowest BCUT2D eigenvalue weighted by molar-refractivity contribution is -0.134. The number of nitrogens with one attached hydrogen (secondary N) is 1. The molecule has 0 bridgehead atoms. The van der Waals surface area contributed by atoms with E-state index in [1.807, 2.05) is 44.2 Å². The van der Waals surface area contributed by atoms with Crippen LogP contribution < -0.4 is 19.5 Å². The number of carbonyl (C=O) groups is 2. The molecule has 172 valence electrons. The molecule has 0 aliphatic carbocycles. The molecule has 0 radical (unpaired) electrons. The molecule has 0 aliphatic rings. The van der Waals surface area contributed by atoms with Crippen LogP contribution in [0.5, 0.6) is 17.2 Å². The van der Waals surface area contributed by atoms with E-state index >= 15 is 0 Å². The van der Waals surface area contributed by atoms with Gasteiger partial charge in [-0.05, 0) is 79.4 Å². The molecule has 3 rings (SSSR count). The molecule has 0 atom stereocenters. The fraction of sp³-hybridized carbons (Fsp3) is 0.231. The van der Waals surface area contributed by atoms with Crippen LogP contribution in [0.2, 0.25) is 0 Å². The second kappa shape index (κ2) is 11.0. The minimum Gasteiger partial charge on any atom is -0.493 e. The summed E-state index contributed by atoms with van der Waals surface area (Å²) in [4.78, 5) is 24.9. The number of ether oxygens (including phenoxy) is 3. The van der Waals surface area contributed by atoms with Crippen molar-refractivity contribution < 1.29 is 23.8 Å². The Bertz CT molecular complexity index is 1160.